The zero-order chi connectivity index (χ0) is 26.6. The van der Waals surface area contributed by atoms with Gasteiger partial charge in [0.25, 0.3) is 17.7 Å². The van der Waals surface area contributed by atoms with Gasteiger partial charge in [0.15, 0.2) is 0 Å². The first-order chi connectivity index (χ1) is 16.9. The Morgan fingerprint density at radius 3 is 2.08 bits per heavy atom. The Labute approximate surface area is 210 Å². The highest BCUT2D eigenvalue weighted by Gasteiger charge is 2.33. The van der Waals surface area contributed by atoms with E-state index >= 15 is 0 Å². The summed E-state index contributed by atoms with van der Waals surface area (Å²) < 4.78 is 0. The van der Waals surface area contributed by atoms with E-state index in [1.54, 1.807) is 83.7 Å². The number of carbonyl (C=O) groups excluding carboxylic acids is 4. The molecule has 2 aromatic rings. The maximum absolute atomic E-state index is 12.8. The first-order valence-electron chi connectivity index (χ1n) is 11.3. The van der Waals surface area contributed by atoms with Crippen molar-refractivity contribution in [2.45, 2.75) is 20.3 Å². The summed E-state index contributed by atoms with van der Waals surface area (Å²) in [6, 6.07) is 7.85. The summed E-state index contributed by atoms with van der Waals surface area (Å²) >= 11 is 0. The van der Waals surface area contributed by atoms with Gasteiger partial charge in [0.05, 0.1) is 5.41 Å². The molecule has 0 saturated heterocycles. The third kappa shape index (κ3) is 6.01. The van der Waals surface area contributed by atoms with Crippen LogP contribution in [0.15, 0.2) is 54.1 Å². The van der Waals surface area contributed by atoms with Gasteiger partial charge in [-0.25, -0.2) is 4.98 Å². The van der Waals surface area contributed by atoms with E-state index in [0.717, 1.165) is 0 Å². The fourth-order valence-electron chi connectivity index (χ4n) is 3.64. The zero-order valence-corrected chi connectivity index (χ0v) is 21.2. The fraction of sp³-hybridized carbons (Fsp3) is 0.308. The molecule has 0 fully saturated rings. The van der Waals surface area contributed by atoms with Crippen molar-refractivity contribution in [3.05, 3.63) is 71.0 Å². The van der Waals surface area contributed by atoms with Gasteiger partial charge in [0, 0.05) is 56.7 Å². The minimum atomic E-state index is -0.706. The SMILES string of the molecule is Cc1cc(NC(=O)c2ccc(C(=O)N(C)C)cc2)nc(NC(=O)C2=CCC(C)(C(=O)N(C)C)C=C2)n1. The van der Waals surface area contributed by atoms with Gasteiger partial charge in [-0.3, -0.25) is 24.5 Å². The number of anilines is 2. The van der Waals surface area contributed by atoms with Crippen molar-refractivity contribution in [2.24, 2.45) is 5.41 Å². The van der Waals surface area contributed by atoms with Gasteiger partial charge < -0.3 is 15.1 Å². The van der Waals surface area contributed by atoms with Crippen LogP contribution in [0, 0.1) is 12.3 Å². The second kappa shape index (κ2) is 10.5. The van der Waals surface area contributed by atoms with E-state index in [1.165, 1.54) is 9.80 Å². The molecule has 1 heterocycles. The van der Waals surface area contributed by atoms with Gasteiger partial charge in [-0.1, -0.05) is 18.2 Å². The first-order valence-corrected chi connectivity index (χ1v) is 11.3. The van der Waals surface area contributed by atoms with Gasteiger partial charge in [-0.2, -0.15) is 4.98 Å². The highest BCUT2D eigenvalue weighted by molar-refractivity contribution is 6.06. The minimum Gasteiger partial charge on any atom is -0.348 e. The largest absolute Gasteiger partial charge is 0.348 e. The summed E-state index contributed by atoms with van der Waals surface area (Å²) in [5.41, 5.74) is 1.04. The van der Waals surface area contributed by atoms with Gasteiger partial charge >= 0.3 is 0 Å². The molecule has 10 nitrogen and oxygen atoms in total. The molecule has 0 spiro atoms. The number of rotatable bonds is 6. The Morgan fingerprint density at radius 1 is 0.889 bits per heavy atom. The van der Waals surface area contributed by atoms with Crippen LogP contribution in [0.25, 0.3) is 0 Å². The zero-order valence-electron chi connectivity index (χ0n) is 21.2. The number of nitrogens with zero attached hydrogens (tertiary/aromatic N) is 4. The molecule has 0 radical (unpaired) electrons. The number of aromatic nitrogens is 2. The number of nitrogens with one attached hydrogen (secondary N) is 2. The smallest absolute Gasteiger partial charge is 0.257 e. The van der Waals surface area contributed by atoms with E-state index < -0.39 is 17.2 Å². The Balaban J connectivity index is 1.68. The quantitative estimate of drug-likeness (QED) is 0.642. The van der Waals surface area contributed by atoms with E-state index in [1.807, 2.05) is 6.92 Å². The molecule has 2 N–H and O–H groups in total. The molecule has 0 saturated carbocycles. The maximum Gasteiger partial charge on any atom is 0.257 e. The van der Waals surface area contributed by atoms with Crippen LogP contribution >= 0.6 is 0 Å². The molecule has 188 valence electrons. The van der Waals surface area contributed by atoms with E-state index in [-0.39, 0.29) is 23.6 Å². The summed E-state index contributed by atoms with van der Waals surface area (Å²) in [6.45, 7) is 3.54. The number of allylic oxidation sites excluding steroid dienone is 1. The number of carbonyl (C=O) groups is 4. The normalized spacial score (nSPS) is 16.6. The van der Waals surface area contributed by atoms with Crippen LogP contribution in [0.1, 0.15) is 39.8 Å². The molecule has 1 aliphatic carbocycles. The lowest BCUT2D eigenvalue weighted by Crippen LogP contribution is -2.37. The Kier molecular flexibility index (Phi) is 7.67. The van der Waals surface area contributed by atoms with Crippen molar-refractivity contribution in [1.82, 2.24) is 19.8 Å². The molecular formula is C26H30N6O4. The molecule has 10 heteroatoms. The summed E-state index contributed by atoms with van der Waals surface area (Å²) in [7, 11) is 6.70. The highest BCUT2D eigenvalue weighted by atomic mass is 16.2. The predicted octanol–water partition coefficient (Wildman–Crippen LogP) is 2.66. The van der Waals surface area contributed by atoms with Crippen LogP contribution in [-0.4, -0.2) is 71.6 Å². The molecular weight excluding hydrogens is 460 g/mol. The predicted molar refractivity (Wildman–Crippen MR) is 136 cm³/mol. The molecule has 1 aromatic carbocycles. The lowest BCUT2D eigenvalue weighted by molar-refractivity contribution is -0.136. The maximum atomic E-state index is 12.8. The van der Waals surface area contributed by atoms with Crippen molar-refractivity contribution in [3.8, 4) is 0 Å². The molecule has 1 aromatic heterocycles. The number of benzene rings is 1. The van der Waals surface area contributed by atoms with Crippen molar-refractivity contribution < 1.29 is 19.2 Å². The summed E-state index contributed by atoms with van der Waals surface area (Å²) in [5.74, 6) is -0.796. The number of hydrogen-bond donors (Lipinski definition) is 2. The number of aryl methyl sites for hydroxylation is 1. The second-order valence-corrected chi connectivity index (χ2v) is 9.22. The van der Waals surface area contributed by atoms with Crippen LogP contribution in [-0.2, 0) is 9.59 Å². The molecule has 4 amide bonds. The fourth-order valence-corrected chi connectivity index (χ4v) is 3.64. The van der Waals surface area contributed by atoms with Crippen LogP contribution in [0.2, 0.25) is 0 Å². The van der Waals surface area contributed by atoms with Crippen LogP contribution in [0.3, 0.4) is 0 Å². The highest BCUT2D eigenvalue weighted by Crippen LogP contribution is 2.31. The van der Waals surface area contributed by atoms with Crippen molar-refractivity contribution in [2.75, 3.05) is 38.8 Å². The minimum absolute atomic E-state index is 0.0363. The molecule has 1 unspecified atom stereocenters. The monoisotopic (exact) mass is 490 g/mol. The van der Waals surface area contributed by atoms with E-state index in [0.29, 0.717) is 28.8 Å². The molecule has 1 aliphatic rings. The van der Waals surface area contributed by atoms with Crippen LogP contribution in [0.5, 0.6) is 0 Å². The van der Waals surface area contributed by atoms with E-state index in [2.05, 4.69) is 20.6 Å². The summed E-state index contributed by atoms with van der Waals surface area (Å²) in [6.07, 6.45) is 5.44. The van der Waals surface area contributed by atoms with Crippen molar-refractivity contribution >= 4 is 35.4 Å². The first kappa shape index (κ1) is 26.3. The van der Waals surface area contributed by atoms with Crippen LogP contribution < -0.4 is 10.6 Å². The molecule has 1 atom stereocenters. The summed E-state index contributed by atoms with van der Waals surface area (Å²) in [5, 5.41) is 5.34. The lowest BCUT2D eigenvalue weighted by Gasteiger charge is -2.29. The molecule has 3 rings (SSSR count). The summed E-state index contributed by atoms with van der Waals surface area (Å²) in [4.78, 5) is 61.3. The van der Waals surface area contributed by atoms with E-state index in [4.69, 9.17) is 0 Å². The van der Waals surface area contributed by atoms with Gasteiger partial charge in [-0.15, -0.1) is 0 Å². The standard InChI is InChI=1S/C26H30N6O4/c1-16-15-20(28-21(33)17-7-9-19(10-8-17)23(35)31(3)4)29-25(27-16)30-22(34)18-11-13-26(2,14-12-18)24(36)32(5)6/h7-13,15H,14H2,1-6H3,(H2,27,28,29,30,33,34). The van der Waals surface area contributed by atoms with E-state index in [9.17, 15) is 19.2 Å². The Hall–Kier alpha value is -4.34. The number of amides is 4. The lowest BCUT2D eigenvalue weighted by atomic mass is 9.80. The number of hydrogen-bond acceptors (Lipinski definition) is 6. The third-order valence-electron chi connectivity index (χ3n) is 5.66. The average molecular weight is 491 g/mol. The van der Waals surface area contributed by atoms with Crippen molar-refractivity contribution in [3.63, 3.8) is 0 Å². The van der Waals surface area contributed by atoms with Crippen LogP contribution in [0.4, 0.5) is 11.8 Å². The Morgan fingerprint density at radius 2 is 1.53 bits per heavy atom. The van der Waals surface area contributed by atoms with Gasteiger partial charge in [0.1, 0.15) is 5.82 Å². The molecule has 0 aliphatic heterocycles. The molecule has 36 heavy (non-hydrogen) atoms. The third-order valence-corrected chi connectivity index (χ3v) is 5.66. The van der Waals surface area contributed by atoms with Crippen molar-refractivity contribution in [1.29, 1.82) is 0 Å². The Bertz CT molecular complexity index is 1260. The second-order valence-electron chi connectivity index (χ2n) is 9.22. The van der Waals surface area contributed by atoms with Gasteiger partial charge in [0.2, 0.25) is 11.9 Å². The average Bonchev–Trinajstić information content (AvgIpc) is 2.83. The van der Waals surface area contributed by atoms with Gasteiger partial charge in [-0.05, 0) is 44.5 Å². The topological polar surface area (TPSA) is 125 Å². The molecule has 0 bridgehead atoms.